The third-order valence-electron chi connectivity index (χ3n) is 4.67. The number of amides is 1. The smallest absolute Gasteiger partial charge is 0.411 e. The number of nitrogens with zero attached hydrogens (tertiary/aromatic N) is 1. The molecule has 1 aliphatic rings. The number of benzene rings is 1. The monoisotopic (exact) mass is 417 g/mol. The Balaban J connectivity index is 2.58. The van der Waals surface area contributed by atoms with E-state index in [9.17, 15) is 14.7 Å². The van der Waals surface area contributed by atoms with Gasteiger partial charge in [0.25, 0.3) is 0 Å². The van der Waals surface area contributed by atoms with Crippen LogP contribution < -0.4 is 0 Å². The van der Waals surface area contributed by atoms with Crippen molar-refractivity contribution in [2.75, 3.05) is 19.8 Å². The van der Waals surface area contributed by atoms with Gasteiger partial charge in [-0.3, -0.25) is 4.90 Å². The SMILES string of the molecule is CCC1(C(=O)O)C(c2ccc(Cl)c(Cl)c2)COCCN1C(=O)OC(C)(C)C. The minimum absolute atomic E-state index is 0.118. The summed E-state index contributed by atoms with van der Waals surface area (Å²) in [5.41, 5.74) is -1.64. The van der Waals surface area contributed by atoms with E-state index in [1.54, 1.807) is 45.9 Å². The molecule has 1 aromatic rings. The zero-order valence-electron chi connectivity index (χ0n) is 15.9. The lowest BCUT2D eigenvalue weighted by atomic mass is 9.76. The highest BCUT2D eigenvalue weighted by Crippen LogP contribution is 2.41. The summed E-state index contributed by atoms with van der Waals surface area (Å²) in [7, 11) is 0. The van der Waals surface area contributed by atoms with Crippen molar-refractivity contribution in [3.05, 3.63) is 33.8 Å². The number of carbonyl (C=O) groups excluding carboxylic acids is 1. The second-order valence-electron chi connectivity index (χ2n) is 7.52. The number of ether oxygens (including phenoxy) is 2. The molecule has 1 fully saturated rings. The summed E-state index contributed by atoms with van der Waals surface area (Å²) in [5, 5.41) is 10.9. The van der Waals surface area contributed by atoms with Gasteiger partial charge in [0.15, 0.2) is 5.54 Å². The normalized spacial score (nSPS) is 23.6. The van der Waals surface area contributed by atoms with Gasteiger partial charge < -0.3 is 14.6 Å². The molecule has 0 spiro atoms. The zero-order valence-corrected chi connectivity index (χ0v) is 17.4. The van der Waals surface area contributed by atoms with Gasteiger partial charge in [0.2, 0.25) is 0 Å². The van der Waals surface area contributed by atoms with Crippen LogP contribution in [-0.4, -0.2) is 53.0 Å². The maximum atomic E-state index is 12.9. The first kappa shape index (κ1) is 21.8. The largest absolute Gasteiger partial charge is 0.479 e. The van der Waals surface area contributed by atoms with Gasteiger partial charge in [-0.1, -0.05) is 36.2 Å². The standard InChI is InChI=1S/C19H25Cl2NO5/c1-5-19(16(23)24)13(12-6-7-14(20)15(21)10-12)11-26-9-8-22(19)17(25)27-18(2,3)4/h6-7,10,13H,5,8-9,11H2,1-4H3,(H,23,24). The molecule has 2 atom stereocenters. The van der Waals surface area contributed by atoms with Gasteiger partial charge in [0.1, 0.15) is 5.60 Å². The second kappa shape index (κ2) is 8.25. The van der Waals surface area contributed by atoms with E-state index in [0.29, 0.717) is 15.6 Å². The van der Waals surface area contributed by atoms with E-state index in [4.69, 9.17) is 32.7 Å². The molecule has 0 aliphatic carbocycles. The van der Waals surface area contributed by atoms with Gasteiger partial charge in [0.05, 0.1) is 23.3 Å². The van der Waals surface area contributed by atoms with Crippen LogP contribution >= 0.6 is 23.2 Å². The van der Waals surface area contributed by atoms with Crippen LogP contribution in [0.2, 0.25) is 10.0 Å². The molecule has 0 bridgehead atoms. The number of rotatable bonds is 3. The number of carboxylic acids is 1. The summed E-state index contributed by atoms with van der Waals surface area (Å²) in [6.45, 7) is 7.43. The molecule has 150 valence electrons. The van der Waals surface area contributed by atoms with Gasteiger partial charge in [-0.2, -0.15) is 0 Å². The Morgan fingerprint density at radius 1 is 1.33 bits per heavy atom. The number of aliphatic carboxylic acids is 1. The summed E-state index contributed by atoms with van der Waals surface area (Å²) < 4.78 is 11.1. The first-order valence-electron chi connectivity index (χ1n) is 8.79. The lowest BCUT2D eigenvalue weighted by Gasteiger charge is -2.43. The topological polar surface area (TPSA) is 76.1 Å². The van der Waals surface area contributed by atoms with Crippen LogP contribution in [0.1, 0.15) is 45.6 Å². The lowest BCUT2D eigenvalue weighted by molar-refractivity contribution is -0.153. The lowest BCUT2D eigenvalue weighted by Crippen LogP contribution is -2.61. The highest BCUT2D eigenvalue weighted by atomic mass is 35.5. The molecule has 0 radical (unpaired) electrons. The fraction of sp³-hybridized carbons (Fsp3) is 0.579. The molecule has 6 nitrogen and oxygen atoms in total. The molecule has 1 heterocycles. The highest BCUT2D eigenvalue weighted by molar-refractivity contribution is 6.42. The van der Waals surface area contributed by atoms with Crippen molar-refractivity contribution in [2.45, 2.75) is 51.2 Å². The Morgan fingerprint density at radius 3 is 2.52 bits per heavy atom. The van der Waals surface area contributed by atoms with Crippen molar-refractivity contribution in [3.8, 4) is 0 Å². The van der Waals surface area contributed by atoms with Gasteiger partial charge in [0, 0.05) is 12.5 Å². The van der Waals surface area contributed by atoms with E-state index in [-0.39, 0.29) is 26.2 Å². The van der Waals surface area contributed by atoms with E-state index in [1.165, 1.54) is 4.90 Å². The molecule has 2 rings (SSSR count). The molecular weight excluding hydrogens is 393 g/mol. The molecule has 1 N–H and O–H groups in total. The van der Waals surface area contributed by atoms with Crippen LogP contribution in [-0.2, 0) is 14.3 Å². The molecule has 1 aromatic carbocycles. The molecular formula is C19H25Cl2NO5. The highest BCUT2D eigenvalue weighted by Gasteiger charge is 2.54. The van der Waals surface area contributed by atoms with E-state index < -0.39 is 29.1 Å². The van der Waals surface area contributed by atoms with Gasteiger partial charge >= 0.3 is 12.1 Å². The van der Waals surface area contributed by atoms with Crippen molar-refractivity contribution in [1.29, 1.82) is 0 Å². The summed E-state index contributed by atoms with van der Waals surface area (Å²) in [6.07, 6.45) is -0.502. The van der Waals surface area contributed by atoms with Crippen molar-refractivity contribution >= 4 is 35.3 Å². The summed E-state index contributed by atoms with van der Waals surface area (Å²) >= 11 is 12.2. The Hall–Kier alpha value is -1.50. The Kier molecular flexibility index (Phi) is 6.66. The van der Waals surface area contributed by atoms with Gasteiger partial charge in [-0.05, 0) is 44.9 Å². The Morgan fingerprint density at radius 2 is 2.00 bits per heavy atom. The predicted molar refractivity (Wildman–Crippen MR) is 104 cm³/mol. The van der Waals surface area contributed by atoms with Crippen molar-refractivity contribution in [1.82, 2.24) is 4.90 Å². The number of hydrogen-bond donors (Lipinski definition) is 1. The molecule has 2 unspecified atom stereocenters. The Labute approximate surface area is 169 Å². The minimum atomic E-state index is -1.53. The van der Waals surface area contributed by atoms with Crippen molar-refractivity contribution in [3.63, 3.8) is 0 Å². The maximum absolute atomic E-state index is 12.9. The molecule has 0 saturated carbocycles. The fourth-order valence-electron chi connectivity index (χ4n) is 3.41. The first-order chi connectivity index (χ1) is 12.5. The van der Waals surface area contributed by atoms with E-state index >= 15 is 0 Å². The fourth-order valence-corrected chi connectivity index (χ4v) is 3.71. The minimum Gasteiger partial charge on any atom is -0.479 e. The predicted octanol–water partition coefficient (Wildman–Crippen LogP) is 4.58. The van der Waals surface area contributed by atoms with Crippen LogP contribution in [0.15, 0.2) is 18.2 Å². The van der Waals surface area contributed by atoms with Crippen LogP contribution in [0.3, 0.4) is 0 Å². The molecule has 1 aliphatic heterocycles. The summed E-state index contributed by atoms with van der Waals surface area (Å²) in [5.74, 6) is -1.75. The molecule has 8 heteroatoms. The quantitative estimate of drug-likeness (QED) is 0.778. The number of halogens is 2. The summed E-state index contributed by atoms with van der Waals surface area (Å²) in [4.78, 5) is 26.7. The molecule has 1 saturated heterocycles. The van der Waals surface area contributed by atoms with Gasteiger partial charge in [-0.15, -0.1) is 0 Å². The number of carboxylic acid groups (broad SMARTS) is 1. The third kappa shape index (κ3) is 4.50. The second-order valence-corrected chi connectivity index (χ2v) is 8.33. The maximum Gasteiger partial charge on any atom is 0.411 e. The van der Waals surface area contributed by atoms with E-state index in [2.05, 4.69) is 0 Å². The summed E-state index contributed by atoms with van der Waals surface area (Å²) in [6, 6.07) is 4.96. The van der Waals surface area contributed by atoms with Crippen molar-refractivity contribution < 1.29 is 24.2 Å². The number of carbonyl (C=O) groups is 2. The zero-order chi connectivity index (χ0) is 20.4. The van der Waals surface area contributed by atoms with E-state index in [1.807, 2.05) is 0 Å². The van der Waals surface area contributed by atoms with Crippen LogP contribution in [0, 0.1) is 0 Å². The first-order valence-corrected chi connectivity index (χ1v) is 9.55. The van der Waals surface area contributed by atoms with E-state index in [0.717, 1.165) is 0 Å². The number of hydrogen-bond acceptors (Lipinski definition) is 4. The third-order valence-corrected chi connectivity index (χ3v) is 5.41. The molecule has 0 aromatic heterocycles. The van der Waals surface area contributed by atoms with Crippen LogP contribution in [0.25, 0.3) is 0 Å². The Bertz CT molecular complexity index is 719. The average molecular weight is 418 g/mol. The molecule has 1 amide bonds. The molecule has 27 heavy (non-hydrogen) atoms. The van der Waals surface area contributed by atoms with Crippen molar-refractivity contribution in [2.24, 2.45) is 0 Å². The van der Waals surface area contributed by atoms with Gasteiger partial charge in [-0.25, -0.2) is 9.59 Å². The van der Waals surface area contributed by atoms with Crippen LogP contribution in [0.4, 0.5) is 4.79 Å². The average Bonchev–Trinajstić information content (AvgIpc) is 2.76. The van der Waals surface area contributed by atoms with Crippen LogP contribution in [0.5, 0.6) is 0 Å².